The molecule has 0 saturated carbocycles. The molecule has 2 aromatic rings. The van der Waals surface area contributed by atoms with Gasteiger partial charge in [0.05, 0.1) is 12.8 Å². The number of carbonyl (C=O) groups excluding carboxylic acids is 2. The fourth-order valence-corrected chi connectivity index (χ4v) is 2.11. The first kappa shape index (κ1) is 16.5. The first-order valence-electron chi connectivity index (χ1n) is 7.48. The molecule has 0 radical (unpaired) electrons. The zero-order valence-corrected chi connectivity index (χ0v) is 13.3. The monoisotopic (exact) mass is 312 g/mol. The smallest absolute Gasteiger partial charge is 0.319 e. The maximum atomic E-state index is 12.5. The van der Waals surface area contributed by atoms with Crippen LogP contribution in [0.4, 0.5) is 10.5 Å². The Morgan fingerprint density at radius 2 is 1.78 bits per heavy atom. The van der Waals surface area contributed by atoms with Gasteiger partial charge in [-0.1, -0.05) is 37.3 Å². The molecule has 5 heteroatoms. The number of ketones is 1. The number of hydrogen-bond donors (Lipinski definition) is 2. The van der Waals surface area contributed by atoms with Crippen LogP contribution in [0.3, 0.4) is 0 Å². The fraction of sp³-hybridized carbons (Fsp3) is 0.222. The second-order valence-corrected chi connectivity index (χ2v) is 4.99. The van der Waals surface area contributed by atoms with Gasteiger partial charge in [0.25, 0.3) is 0 Å². The first-order valence-corrected chi connectivity index (χ1v) is 7.48. The summed E-state index contributed by atoms with van der Waals surface area (Å²) in [7, 11) is 1.52. The van der Waals surface area contributed by atoms with E-state index >= 15 is 0 Å². The van der Waals surface area contributed by atoms with Gasteiger partial charge < -0.3 is 15.4 Å². The molecule has 0 atom stereocenters. The maximum Gasteiger partial charge on any atom is 0.319 e. The number of benzene rings is 2. The van der Waals surface area contributed by atoms with Gasteiger partial charge in [0.1, 0.15) is 5.75 Å². The third-order valence-electron chi connectivity index (χ3n) is 3.28. The van der Waals surface area contributed by atoms with Crippen LogP contribution in [-0.4, -0.2) is 25.5 Å². The summed E-state index contributed by atoms with van der Waals surface area (Å²) in [4.78, 5) is 24.3. The first-order chi connectivity index (χ1) is 11.2. The van der Waals surface area contributed by atoms with Gasteiger partial charge in [-0.05, 0) is 24.6 Å². The zero-order chi connectivity index (χ0) is 16.7. The molecule has 0 bridgehead atoms. The van der Waals surface area contributed by atoms with Crippen LogP contribution in [-0.2, 0) is 0 Å². The minimum atomic E-state index is -0.325. The van der Waals surface area contributed by atoms with Crippen molar-refractivity contribution in [1.82, 2.24) is 5.32 Å². The van der Waals surface area contributed by atoms with Gasteiger partial charge in [0.15, 0.2) is 5.78 Å². The number of amides is 2. The van der Waals surface area contributed by atoms with Crippen LogP contribution in [0.2, 0.25) is 0 Å². The highest BCUT2D eigenvalue weighted by Gasteiger charge is 2.13. The van der Waals surface area contributed by atoms with Crippen molar-refractivity contribution < 1.29 is 14.3 Å². The van der Waals surface area contributed by atoms with Gasteiger partial charge in [-0.3, -0.25) is 4.79 Å². The zero-order valence-electron chi connectivity index (χ0n) is 13.3. The molecule has 0 unspecified atom stereocenters. The lowest BCUT2D eigenvalue weighted by Crippen LogP contribution is -2.29. The van der Waals surface area contributed by atoms with E-state index in [0.717, 1.165) is 6.42 Å². The van der Waals surface area contributed by atoms with Crippen molar-refractivity contribution in [2.75, 3.05) is 19.0 Å². The summed E-state index contributed by atoms with van der Waals surface area (Å²) in [5.41, 5.74) is 1.55. The number of ether oxygens (including phenoxy) is 1. The van der Waals surface area contributed by atoms with E-state index in [1.165, 1.54) is 7.11 Å². The van der Waals surface area contributed by atoms with E-state index in [0.29, 0.717) is 29.1 Å². The number of methoxy groups -OCH3 is 1. The number of hydrogen-bond acceptors (Lipinski definition) is 3. The number of nitrogens with one attached hydrogen (secondary N) is 2. The average Bonchev–Trinajstić information content (AvgIpc) is 2.60. The molecule has 0 aliphatic rings. The van der Waals surface area contributed by atoms with E-state index in [-0.39, 0.29) is 11.8 Å². The molecule has 0 aromatic heterocycles. The molecule has 0 spiro atoms. The number of rotatable bonds is 6. The minimum absolute atomic E-state index is 0.106. The van der Waals surface area contributed by atoms with Crippen molar-refractivity contribution in [2.45, 2.75) is 13.3 Å². The Labute approximate surface area is 135 Å². The van der Waals surface area contributed by atoms with E-state index in [2.05, 4.69) is 10.6 Å². The molecule has 2 aromatic carbocycles. The van der Waals surface area contributed by atoms with Crippen LogP contribution in [0, 0.1) is 0 Å². The highest BCUT2D eigenvalue weighted by atomic mass is 16.5. The summed E-state index contributed by atoms with van der Waals surface area (Å²) < 4.78 is 5.24. The van der Waals surface area contributed by atoms with Crippen molar-refractivity contribution in [3.63, 3.8) is 0 Å². The molecular formula is C18H20N2O3. The summed E-state index contributed by atoms with van der Waals surface area (Å²) in [5, 5.41) is 5.44. The molecule has 0 fully saturated rings. The van der Waals surface area contributed by atoms with E-state index in [1.54, 1.807) is 30.3 Å². The average molecular weight is 312 g/mol. The number of carbonyl (C=O) groups is 2. The third-order valence-corrected chi connectivity index (χ3v) is 3.28. The van der Waals surface area contributed by atoms with Crippen molar-refractivity contribution in [3.8, 4) is 5.75 Å². The Balaban J connectivity index is 2.24. The minimum Gasteiger partial charge on any atom is -0.495 e. The van der Waals surface area contributed by atoms with Crippen molar-refractivity contribution in [1.29, 1.82) is 0 Å². The molecule has 120 valence electrons. The van der Waals surface area contributed by atoms with Gasteiger partial charge >= 0.3 is 6.03 Å². The Bertz CT molecular complexity index is 684. The number of anilines is 1. The lowest BCUT2D eigenvalue weighted by molar-refractivity contribution is 0.103. The van der Waals surface area contributed by atoms with Crippen LogP contribution in [0.25, 0.3) is 0 Å². The molecule has 0 saturated heterocycles. The molecule has 5 nitrogen and oxygen atoms in total. The Morgan fingerprint density at radius 1 is 1.04 bits per heavy atom. The molecule has 2 rings (SSSR count). The van der Waals surface area contributed by atoms with E-state index in [9.17, 15) is 9.59 Å². The fourth-order valence-electron chi connectivity index (χ4n) is 2.11. The van der Waals surface area contributed by atoms with Gasteiger partial charge in [-0.15, -0.1) is 0 Å². The Hall–Kier alpha value is -2.82. The van der Waals surface area contributed by atoms with Gasteiger partial charge in [-0.25, -0.2) is 4.79 Å². The SMILES string of the molecule is CCCNC(=O)Nc1cc(C(=O)c2ccccc2)ccc1OC. The highest BCUT2D eigenvalue weighted by Crippen LogP contribution is 2.26. The second kappa shape index (κ2) is 7.98. The highest BCUT2D eigenvalue weighted by molar-refractivity contribution is 6.10. The summed E-state index contributed by atoms with van der Waals surface area (Å²) in [6, 6.07) is 13.7. The van der Waals surface area contributed by atoms with Gasteiger partial charge in [0.2, 0.25) is 0 Å². The summed E-state index contributed by atoms with van der Waals surface area (Å²) in [6.45, 7) is 2.55. The lowest BCUT2D eigenvalue weighted by Gasteiger charge is -2.12. The van der Waals surface area contributed by atoms with Crippen LogP contribution in [0.1, 0.15) is 29.3 Å². The lowest BCUT2D eigenvalue weighted by atomic mass is 10.0. The standard InChI is InChI=1S/C18H20N2O3/c1-3-11-19-18(22)20-15-12-14(9-10-16(15)23-2)17(21)13-7-5-4-6-8-13/h4-10,12H,3,11H2,1-2H3,(H2,19,20,22). The number of urea groups is 1. The molecule has 2 amide bonds. The summed E-state index contributed by atoms with van der Waals surface area (Å²) in [5.74, 6) is 0.395. The maximum absolute atomic E-state index is 12.5. The van der Waals surface area contributed by atoms with Crippen molar-refractivity contribution in [3.05, 3.63) is 59.7 Å². The van der Waals surface area contributed by atoms with Crippen LogP contribution >= 0.6 is 0 Å². The molecule has 2 N–H and O–H groups in total. The summed E-state index contributed by atoms with van der Waals surface area (Å²) >= 11 is 0. The van der Waals surface area contributed by atoms with Crippen molar-refractivity contribution in [2.24, 2.45) is 0 Å². The van der Waals surface area contributed by atoms with E-state index in [4.69, 9.17) is 4.74 Å². The molecule has 0 heterocycles. The molecule has 0 aliphatic heterocycles. The quantitative estimate of drug-likeness (QED) is 0.803. The normalized spacial score (nSPS) is 10.0. The van der Waals surface area contributed by atoms with E-state index in [1.807, 2.05) is 25.1 Å². The summed E-state index contributed by atoms with van der Waals surface area (Å²) in [6.07, 6.45) is 0.844. The molecular weight excluding hydrogens is 292 g/mol. The third kappa shape index (κ3) is 4.32. The van der Waals surface area contributed by atoms with E-state index < -0.39 is 0 Å². The Kier molecular flexibility index (Phi) is 5.74. The predicted octanol–water partition coefficient (Wildman–Crippen LogP) is 3.46. The Morgan fingerprint density at radius 3 is 2.43 bits per heavy atom. The van der Waals surface area contributed by atoms with Gasteiger partial charge in [0, 0.05) is 17.7 Å². The topological polar surface area (TPSA) is 67.4 Å². The largest absolute Gasteiger partial charge is 0.495 e. The van der Waals surface area contributed by atoms with Crippen LogP contribution in [0.5, 0.6) is 5.75 Å². The van der Waals surface area contributed by atoms with Crippen LogP contribution < -0.4 is 15.4 Å². The van der Waals surface area contributed by atoms with Crippen LogP contribution in [0.15, 0.2) is 48.5 Å². The molecule has 23 heavy (non-hydrogen) atoms. The molecule has 0 aliphatic carbocycles. The predicted molar refractivity (Wildman–Crippen MR) is 90.2 cm³/mol. The van der Waals surface area contributed by atoms with Crippen molar-refractivity contribution >= 4 is 17.5 Å². The second-order valence-electron chi connectivity index (χ2n) is 4.99. The van der Waals surface area contributed by atoms with Gasteiger partial charge in [-0.2, -0.15) is 0 Å².